The molecule has 0 aliphatic heterocycles. The van der Waals surface area contributed by atoms with Crippen LogP contribution in [0.1, 0.15) is 27.2 Å². The van der Waals surface area contributed by atoms with E-state index in [0.29, 0.717) is 0 Å². The van der Waals surface area contributed by atoms with Crippen LogP contribution in [-0.4, -0.2) is 14.5 Å². The Morgan fingerprint density at radius 1 is 0.674 bits per heavy atom. The second-order valence-corrected chi connectivity index (χ2v) is 10.2. The Morgan fingerprint density at radius 2 is 1.33 bits per heavy atom. The molecule has 7 aromatic rings. The second kappa shape index (κ2) is 14.1. The van der Waals surface area contributed by atoms with E-state index in [1.807, 2.05) is 31.2 Å². The first-order chi connectivity index (χ1) is 21.2. The second-order valence-electron chi connectivity index (χ2n) is 10.2. The Labute approximate surface area is 254 Å². The van der Waals surface area contributed by atoms with Crippen LogP contribution in [-0.2, 0) is 0 Å². The van der Waals surface area contributed by atoms with Crippen molar-refractivity contribution in [2.45, 2.75) is 27.2 Å². The smallest absolute Gasteiger partial charge is 0.145 e. The van der Waals surface area contributed by atoms with E-state index in [9.17, 15) is 0 Å². The Bertz CT molecular complexity index is 1980. The number of para-hydroxylation sites is 1. The van der Waals surface area contributed by atoms with Crippen molar-refractivity contribution < 1.29 is 0 Å². The van der Waals surface area contributed by atoms with E-state index < -0.39 is 0 Å². The van der Waals surface area contributed by atoms with Gasteiger partial charge in [-0.15, -0.1) is 0 Å². The third-order valence-corrected chi connectivity index (χ3v) is 6.91. The molecule has 0 aliphatic carbocycles. The number of hydrogen-bond acceptors (Lipinski definition) is 2. The SMILES string of the molecule is C=C/C=C\C.CCC.c1ccc(-c2nc3cc(-c4ccc5ccc6ccccc6c5n4)ccc3n2-c2ccccc2)cc1. The highest BCUT2D eigenvalue weighted by molar-refractivity contribution is 6.05. The molecule has 3 heteroatoms. The zero-order chi connectivity index (χ0) is 30.0. The maximum absolute atomic E-state index is 5.09. The number of nitrogens with zero attached hydrogens (tertiary/aromatic N) is 3. The van der Waals surface area contributed by atoms with Gasteiger partial charge in [-0.3, -0.25) is 4.57 Å². The molecule has 3 nitrogen and oxygen atoms in total. The van der Waals surface area contributed by atoms with Crippen molar-refractivity contribution in [3.63, 3.8) is 0 Å². The van der Waals surface area contributed by atoms with E-state index in [2.05, 4.69) is 140 Å². The molecule has 212 valence electrons. The van der Waals surface area contributed by atoms with Crippen molar-refractivity contribution in [2.24, 2.45) is 0 Å². The van der Waals surface area contributed by atoms with Crippen LogP contribution in [0.2, 0.25) is 0 Å². The molecular weight excluding hydrogens is 522 g/mol. The summed E-state index contributed by atoms with van der Waals surface area (Å²) in [4.78, 5) is 10.2. The minimum absolute atomic E-state index is 0.932. The largest absolute Gasteiger partial charge is 0.292 e. The fourth-order valence-corrected chi connectivity index (χ4v) is 5.01. The first-order valence-corrected chi connectivity index (χ1v) is 14.8. The molecule has 0 atom stereocenters. The summed E-state index contributed by atoms with van der Waals surface area (Å²) in [6, 6.07) is 44.2. The molecule has 0 radical (unpaired) electrons. The molecule has 2 heterocycles. The first kappa shape index (κ1) is 29.2. The van der Waals surface area contributed by atoms with Gasteiger partial charge in [-0.1, -0.05) is 142 Å². The maximum Gasteiger partial charge on any atom is 0.145 e. The molecular formula is C40H37N3. The zero-order valence-corrected chi connectivity index (χ0v) is 25.1. The summed E-state index contributed by atoms with van der Waals surface area (Å²) in [7, 11) is 0. The van der Waals surface area contributed by atoms with Gasteiger partial charge in [0.15, 0.2) is 0 Å². The highest BCUT2D eigenvalue weighted by atomic mass is 15.1. The third kappa shape index (κ3) is 6.47. The molecule has 5 aromatic carbocycles. The summed E-state index contributed by atoms with van der Waals surface area (Å²) >= 11 is 0. The lowest BCUT2D eigenvalue weighted by molar-refractivity contribution is 1.09. The Kier molecular flexibility index (Phi) is 9.56. The predicted octanol–water partition coefficient (Wildman–Crippen LogP) is 11.2. The van der Waals surface area contributed by atoms with Crippen molar-refractivity contribution in [3.8, 4) is 28.3 Å². The summed E-state index contributed by atoms with van der Waals surface area (Å²) in [5.41, 5.74) is 7.24. The molecule has 7 rings (SSSR count). The molecule has 0 N–H and O–H groups in total. The van der Waals surface area contributed by atoms with Gasteiger partial charge in [0.1, 0.15) is 5.82 Å². The summed E-state index contributed by atoms with van der Waals surface area (Å²) in [6.07, 6.45) is 6.83. The highest BCUT2D eigenvalue weighted by Crippen LogP contribution is 2.32. The van der Waals surface area contributed by atoms with Crippen LogP contribution in [0.25, 0.3) is 61.0 Å². The van der Waals surface area contributed by atoms with Crippen LogP contribution >= 0.6 is 0 Å². The molecule has 43 heavy (non-hydrogen) atoms. The van der Waals surface area contributed by atoms with E-state index in [1.165, 1.54) is 17.2 Å². The minimum Gasteiger partial charge on any atom is -0.292 e. The van der Waals surface area contributed by atoms with E-state index in [1.54, 1.807) is 6.08 Å². The number of aromatic nitrogens is 3. The standard InChI is InChI=1S/C32H21N3.C5H8.C3H8/c1-3-10-24(11-4-1)32-34-29-21-25(18-20-30(29)35(32)26-12-5-2-6-13-26)28-19-17-23-16-15-22-9-7-8-14-27(22)31(23)33-28;1-3-5-4-2;1-3-2/h1-21H;3-5H,1H2,2H3;3H2,1-2H3/b;5-4-;. The van der Waals surface area contributed by atoms with Crippen molar-refractivity contribution >= 4 is 32.7 Å². The number of fused-ring (bicyclic) bond motifs is 4. The van der Waals surface area contributed by atoms with Crippen molar-refractivity contribution in [1.29, 1.82) is 0 Å². The van der Waals surface area contributed by atoms with Gasteiger partial charge in [0.05, 0.1) is 22.2 Å². The van der Waals surface area contributed by atoms with Crippen LogP contribution in [0, 0.1) is 0 Å². The van der Waals surface area contributed by atoms with Gasteiger partial charge in [0, 0.05) is 27.6 Å². The number of pyridine rings is 1. The van der Waals surface area contributed by atoms with Crippen LogP contribution in [0.4, 0.5) is 0 Å². The van der Waals surface area contributed by atoms with Crippen LogP contribution in [0.15, 0.2) is 152 Å². The average molecular weight is 560 g/mol. The van der Waals surface area contributed by atoms with Crippen LogP contribution in [0.3, 0.4) is 0 Å². The summed E-state index contributed by atoms with van der Waals surface area (Å²) in [6.45, 7) is 9.67. The van der Waals surface area contributed by atoms with Gasteiger partial charge in [-0.05, 0) is 42.6 Å². The topological polar surface area (TPSA) is 30.7 Å². The number of hydrogen-bond donors (Lipinski definition) is 0. The average Bonchev–Trinajstić information content (AvgIpc) is 3.45. The zero-order valence-electron chi connectivity index (χ0n) is 25.1. The first-order valence-electron chi connectivity index (χ1n) is 14.8. The van der Waals surface area contributed by atoms with E-state index in [0.717, 1.165) is 50.3 Å². The van der Waals surface area contributed by atoms with Gasteiger partial charge >= 0.3 is 0 Å². The normalized spacial score (nSPS) is 10.8. The summed E-state index contributed by atoms with van der Waals surface area (Å²) in [5.74, 6) is 0.932. The molecule has 0 amide bonds. The monoisotopic (exact) mass is 559 g/mol. The Morgan fingerprint density at radius 3 is 2.02 bits per heavy atom. The van der Waals surface area contributed by atoms with E-state index in [-0.39, 0.29) is 0 Å². The van der Waals surface area contributed by atoms with Gasteiger partial charge in [0.2, 0.25) is 0 Å². The predicted molar refractivity (Wildman–Crippen MR) is 186 cm³/mol. The van der Waals surface area contributed by atoms with Gasteiger partial charge in [-0.25, -0.2) is 9.97 Å². The third-order valence-electron chi connectivity index (χ3n) is 6.91. The van der Waals surface area contributed by atoms with Gasteiger partial charge in [0.25, 0.3) is 0 Å². The number of allylic oxidation sites excluding steroid dienone is 3. The fraction of sp³-hybridized carbons (Fsp3) is 0.100. The lowest BCUT2D eigenvalue weighted by atomic mass is 10.0. The molecule has 0 saturated carbocycles. The van der Waals surface area contributed by atoms with Gasteiger partial charge in [-0.2, -0.15) is 0 Å². The maximum atomic E-state index is 5.09. The summed E-state index contributed by atoms with van der Waals surface area (Å²) < 4.78 is 2.23. The van der Waals surface area contributed by atoms with Crippen molar-refractivity contribution in [3.05, 3.63) is 152 Å². The number of benzene rings is 5. The van der Waals surface area contributed by atoms with Crippen molar-refractivity contribution in [1.82, 2.24) is 14.5 Å². The van der Waals surface area contributed by atoms with Crippen LogP contribution < -0.4 is 0 Å². The molecule has 0 bridgehead atoms. The fourth-order valence-electron chi connectivity index (χ4n) is 5.01. The minimum atomic E-state index is 0.932. The molecule has 0 fully saturated rings. The molecule has 0 unspecified atom stereocenters. The molecule has 2 aromatic heterocycles. The summed E-state index contributed by atoms with van der Waals surface area (Å²) in [5, 5.41) is 3.52. The highest BCUT2D eigenvalue weighted by Gasteiger charge is 2.15. The Balaban J connectivity index is 0.000000414. The Hall–Kier alpha value is -5.28. The molecule has 0 saturated heterocycles. The molecule has 0 aliphatic rings. The lowest BCUT2D eigenvalue weighted by Crippen LogP contribution is -1.97. The van der Waals surface area contributed by atoms with E-state index >= 15 is 0 Å². The van der Waals surface area contributed by atoms with Crippen molar-refractivity contribution in [2.75, 3.05) is 0 Å². The van der Waals surface area contributed by atoms with E-state index in [4.69, 9.17) is 9.97 Å². The number of rotatable bonds is 4. The number of imidazole rings is 1. The lowest BCUT2D eigenvalue weighted by Gasteiger charge is -2.10. The van der Waals surface area contributed by atoms with Gasteiger partial charge < -0.3 is 0 Å². The molecule has 0 spiro atoms. The quantitative estimate of drug-likeness (QED) is 0.159. The van der Waals surface area contributed by atoms with Crippen LogP contribution in [0.5, 0.6) is 0 Å².